The molecular weight excluding hydrogens is 1560 g/mol. The molecule has 8 aromatic heterocycles. The van der Waals surface area contributed by atoms with Gasteiger partial charge in [-0.1, -0.05) is 213 Å². The summed E-state index contributed by atoms with van der Waals surface area (Å²) in [4.78, 5) is 47.2. The van der Waals surface area contributed by atoms with Gasteiger partial charge in [0.1, 0.15) is 0 Å². The Kier molecular flexibility index (Phi) is 35.9. The third-order valence-corrected chi connectivity index (χ3v) is 22.4. The molecule has 0 atom stereocenters. The molecule has 0 saturated heterocycles. The minimum absolute atomic E-state index is 0.619. The van der Waals surface area contributed by atoms with Crippen molar-refractivity contribution in [1.29, 1.82) is 0 Å². The van der Waals surface area contributed by atoms with Gasteiger partial charge in [-0.05, 0) is 283 Å². The van der Waals surface area contributed by atoms with Crippen molar-refractivity contribution in [2.75, 3.05) is 52.3 Å². The first kappa shape index (κ1) is 92.8. The molecule has 0 spiro atoms. The van der Waals surface area contributed by atoms with Crippen LogP contribution >= 0.6 is 11.8 Å². The van der Waals surface area contributed by atoms with E-state index < -0.39 is 0 Å². The van der Waals surface area contributed by atoms with Crippen molar-refractivity contribution in [1.82, 2.24) is 39.9 Å². The summed E-state index contributed by atoms with van der Waals surface area (Å²) in [5, 5.41) is 0. The second kappa shape index (κ2) is 48.8. The maximum absolute atomic E-state index is 4.32. The number of nitrogens with zero attached hydrogens (tertiary/aromatic N) is 13. The summed E-state index contributed by atoms with van der Waals surface area (Å²) < 4.78 is 0. The zero-order valence-corrected chi connectivity index (χ0v) is 76.2. The highest BCUT2D eigenvalue weighted by atomic mass is 32.2. The van der Waals surface area contributed by atoms with Gasteiger partial charge in [-0.15, -0.1) is 0 Å². The maximum atomic E-state index is 4.32. The first-order valence-electron chi connectivity index (χ1n) is 43.2. The number of aryl methyl sites for hydroxylation is 10. The van der Waals surface area contributed by atoms with Gasteiger partial charge in [0.25, 0.3) is 0 Å². The third kappa shape index (κ3) is 28.6. The van der Waals surface area contributed by atoms with E-state index in [4.69, 9.17) is 0 Å². The van der Waals surface area contributed by atoms with E-state index in [2.05, 4.69) is 321 Å². The topological polar surface area (TPSA) is 119 Å². The lowest BCUT2D eigenvalue weighted by atomic mass is 9.96. The van der Waals surface area contributed by atoms with Gasteiger partial charge < -0.3 is 24.5 Å². The summed E-state index contributed by atoms with van der Waals surface area (Å²) in [6.07, 6.45) is 24.1. The molecule has 21 rings (SSSR count). The third-order valence-electron chi connectivity index (χ3n) is 21.3. The molecule has 4 aliphatic heterocycles. The average Bonchev–Trinajstić information content (AvgIpc) is 0.776. The second-order valence-electron chi connectivity index (χ2n) is 31.6. The number of hydrogen-bond donors (Lipinski definition) is 0. The van der Waals surface area contributed by atoms with Gasteiger partial charge in [0.05, 0.1) is 40.8 Å². The molecule has 126 heavy (non-hydrogen) atoms. The van der Waals surface area contributed by atoms with Crippen molar-refractivity contribution in [2.24, 2.45) is 0 Å². The smallest absolute Gasteiger partial charge is 0.0910 e. The number of para-hydroxylation sites is 6. The predicted molar refractivity (Wildman–Crippen MR) is 531 cm³/mol. The lowest BCUT2D eigenvalue weighted by molar-refractivity contribution is 0.650. The zero-order chi connectivity index (χ0) is 88.8. The molecule has 8 aromatic carbocycles. The van der Waals surface area contributed by atoms with E-state index in [0.29, 0.717) is 5.92 Å². The van der Waals surface area contributed by atoms with Crippen molar-refractivity contribution < 1.29 is 0 Å². The number of benzene rings is 8. The Hall–Kier alpha value is -14.0. The van der Waals surface area contributed by atoms with Gasteiger partial charge in [-0.3, -0.25) is 39.9 Å². The Morgan fingerprint density at radius 3 is 1.25 bits per heavy atom. The minimum Gasteiger partial charge on any atom is -0.349 e. The van der Waals surface area contributed by atoms with Crippen LogP contribution in [0.15, 0.2) is 382 Å². The standard InChI is InChI=1S/C17H18N2.C14H14N2.C13H11NS.C12H11N.C11H9N.C9H11N.2C8H11N.C7H9N.C7H7N.C6H7N/c1-12-3-5-16-14(7-12)9-18-11-19(16)10-15-8-13(2)4-6-17(15)18;1-15-11-7-3-5-9-13(11)16(2)14-10-6-4-8-12(14)15;1-14-10-6-2-4-8-12(10)15-13-9-5-3-7-11(13)14;1-2-6-11(7-3-1)10-12-8-4-5-9-13-12;1-2-5-10(6-3-1)11-7-4-8-12-9-11;1-2-6-9-8(4-1)5-3-7-10-9;1-6-4-7(2)9-8(3)5-6;1-7(2)8-3-5-9-6-4-8;1-6-4-3-5-7(2)8-6;1-2-7-3-5-8-6-4-7;1-6-4-2-3-5-7-6/h3-8H,9-11H2,1-2H3;3-10H,1-2H3;2-9H,1H3;1-9H,10H2;1-9H;3,5,7H,1-2,4,6H2;4-5H,1-3H3;3-7H,1-2H3;3-5H,1-2H3;2-6H,1H2;2-5H,1H3. The van der Waals surface area contributed by atoms with Gasteiger partial charge >= 0.3 is 0 Å². The Labute approximate surface area is 753 Å². The van der Waals surface area contributed by atoms with Gasteiger partial charge in [-0.25, -0.2) is 0 Å². The van der Waals surface area contributed by atoms with E-state index in [1.165, 1.54) is 137 Å². The molecule has 14 heteroatoms. The Morgan fingerprint density at radius 1 is 0.349 bits per heavy atom. The molecule has 0 radical (unpaired) electrons. The number of hydrogen-bond acceptors (Lipinski definition) is 14. The SMILES string of the molecule is C=Cc1ccncc1.CC(C)c1ccncc1.CN1c2ccccc2N(C)c2ccccc21.CN1c2ccccc2Sc2ccccc21.Cc1cc(C)nc(C)c1.Cc1ccc2c(c1)CN1CN2Cc2cc(C)ccc21.Cc1cccc(C)n1.Cc1ccccn1.c1ccc(-c2cccnc2)cc1.c1ccc(Cc2ccccn2)cc1.c1cnc2c(c1)CCCC2. The molecule has 0 unspecified atom stereocenters. The molecule has 16 aromatic rings. The molecule has 0 saturated carbocycles. The fourth-order valence-electron chi connectivity index (χ4n) is 15.0. The van der Waals surface area contributed by atoms with Crippen molar-refractivity contribution in [3.63, 3.8) is 0 Å². The molecule has 2 bridgehead atoms. The molecule has 0 N–H and O–H groups in total. The number of pyridine rings is 8. The summed E-state index contributed by atoms with van der Waals surface area (Å²) in [7, 11) is 6.35. The van der Waals surface area contributed by atoms with Crippen LogP contribution in [-0.4, -0.2) is 67.7 Å². The highest BCUT2D eigenvalue weighted by Crippen LogP contribution is 2.48. The molecule has 5 aliphatic rings. The van der Waals surface area contributed by atoms with E-state index in [9.17, 15) is 0 Å². The van der Waals surface area contributed by atoms with Crippen LogP contribution in [0.4, 0.5) is 45.5 Å². The van der Waals surface area contributed by atoms with E-state index >= 15 is 0 Å². The average molecular weight is 1680 g/mol. The highest BCUT2D eigenvalue weighted by molar-refractivity contribution is 7.99. The van der Waals surface area contributed by atoms with Crippen LogP contribution in [0.2, 0.25) is 0 Å². The maximum Gasteiger partial charge on any atom is 0.0910 e. The summed E-state index contributed by atoms with van der Waals surface area (Å²) in [5.74, 6) is 0.619. The summed E-state index contributed by atoms with van der Waals surface area (Å²) in [5.41, 5.74) is 32.8. The normalized spacial score (nSPS) is 12.0. The Balaban J connectivity index is 0.000000136. The van der Waals surface area contributed by atoms with Gasteiger partial charge in [-0.2, -0.15) is 0 Å². The van der Waals surface area contributed by atoms with Gasteiger partial charge in [0, 0.05) is 157 Å². The summed E-state index contributed by atoms with van der Waals surface area (Å²) in [6.45, 7) is 27.5. The van der Waals surface area contributed by atoms with Crippen LogP contribution in [0.5, 0.6) is 0 Å². The van der Waals surface area contributed by atoms with E-state index in [-0.39, 0.29) is 0 Å². The number of aromatic nitrogens is 8. The number of rotatable bonds is 5. The van der Waals surface area contributed by atoms with Crippen LogP contribution in [0.3, 0.4) is 0 Å². The Morgan fingerprint density at radius 2 is 0.802 bits per heavy atom. The van der Waals surface area contributed by atoms with Gasteiger partial charge in [0.2, 0.25) is 0 Å². The van der Waals surface area contributed by atoms with Crippen molar-refractivity contribution in [2.45, 2.75) is 130 Å². The monoisotopic (exact) mass is 1680 g/mol. The van der Waals surface area contributed by atoms with Crippen LogP contribution in [-0.2, 0) is 32.4 Å². The summed E-state index contributed by atoms with van der Waals surface area (Å²) in [6, 6.07) is 106. The zero-order valence-electron chi connectivity index (χ0n) is 75.4. The van der Waals surface area contributed by atoms with Crippen molar-refractivity contribution >= 4 is 63.3 Å². The Bertz CT molecular complexity index is 5580. The lowest BCUT2D eigenvalue weighted by Gasteiger charge is -2.45. The van der Waals surface area contributed by atoms with Crippen molar-refractivity contribution in [3.8, 4) is 11.1 Å². The van der Waals surface area contributed by atoms with E-state index in [1.807, 2.05) is 193 Å². The molecule has 12 heterocycles. The first-order valence-corrected chi connectivity index (χ1v) is 44.0. The van der Waals surface area contributed by atoms with Crippen LogP contribution in [0, 0.1) is 55.4 Å². The fraction of sp³-hybridized carbons (Fsp3) is 0.196. The number of fused-ring (bicyclic) bond motifs is 11. The van der Waals surface area contributed by atoms with Gasteiger partial charge in [0.15, 0.2) is 0 Å². The van der Waals surface area contributed by atoms with Crippen LogP contribution in [0.25, 0.3) is 17.2 Å². The quantitative estimate of drug-likeness (QED) is 0.163. The molecule has 13 nitrogen and oxygen atoms in total. The fourth-order valence-corrected chi connectivity index (χ4v) is 16.1. The largest absolute Gasteiger partial charge is 0.349 e. The summed E-state index contributed by atoms with van der Waals surface area (Å²) >= 11 is 1.84. The lowest BCUT2D eigenvalue weighted by Crippen LogP contribution is -2.46. The van der Waals surface area contributed by atoms with Crippen LogP contribution < -0.4 is 24.5 Å². The highest BCUT2D eigenvalue weighted by Gasteiger charge is 2.29. The minimum atomic E-state index is 0.619. The molecule has 638 valence electrons. The van der Waals surface area contributed by atoms with E-state index in [0.717, 1.165) is 71.5 Å². The number of anilines is 8. The molecule has 1 aliphatic carbocycles. The molecular formula is C112H119N13S. The second-order valence-corrected chi connectivity index (χ2v) is 32.7. The predicted octanol–water partition coefficient (Wildman–Crippen LogP) is 27.5. The molecule has 0 amide bonds. The van der Waals surface area contributed by atoms with Crippen molar-refractivity contribution in [3.05, 3.63) is 462 Å². The molecule has 0 fully saturated rings. The first-order chi connectivity index (χ1) is 61.3. The van der Waals surface area contributed by atoms with Crippen LogP contribution in [0.1, 0.15) is 123 Å². The van der Waals surface area contributed by atoms with E-state index in [1.54, 1.807) is 30.9 Å².